The summed E-state index contributed by atoms with van der Waals surface area (Å²) in [6.45, 7) is 0.693. The number of nitrogens with zero attached hydrogens (tertiary/aromatic N) is 1. The van der Waals surface area contributed by atoms with Crippen LogP contribution in [0.2, 0.25) is 5.02 Å². The Morgan fingerprint density at radius 1 is 1.15 bits per heavy atom. The van der Waals surface area contributed by atoms with Gasteiger partial charge < -0.3 is 9.66 Å². The molecule has 0 radical (unpaired) electrons. The van der Waals surface area contributed by atoms with E-state index in [9.17, 15) is 27.0 Å². The average Bonchev–Trinajstić information content (AvgIpc) is 3.21. The van der Waals surface area contributed by atoms with E-state index in [4.69, 9.17) is 11.6 Å². The molecule has 0 fully saturated rings. The molecule has 0 saturated carbocycles. The lowest BCUT2D eigenvalue weighted by atomic mass is 9.94. The van der Waals surface area contributed by atoms with E-state index >= 15 is 0 Å². The second-order valence-electron chi connectivity index (χ2n) is 7.68. The van der Waals surface area contributed by atoms with E-state index in [1.165, 1.54) is 23.6 Å². The van der Waals surface area contributed by atoms with Gasteiger partial charge in [0.25, 0.3) is 0 Å². The SMILES string of the molecule is CC(O)(c1ccnc(-c2cccc3cc(C(NS(=O)[O-])c4ccccc4Cl)sc23)c1)C(F)(F)F. The van der Waals surface area contributed by atoms with Gasteiger partial charge >= 0.3 is 6.18 Å². The number of alkyl halides is 3. The fraction of sp³-hybridized carbons (Fsp3) is 0.174. The van der Waals surface area contributed by atoms with Crippen LogP contribution in [-0.4, -0.2) is 25.0 Å². The van der Waals surface area contributed by atoms with E-state index < -0.39 is 29.1 Å². The molecule has 4 rings (SSSR count). The quantitative estimate of drug-likeness (QED) is 0.309. The normalized spacial score (nSPS) is 15.7. The molecule has 2 aromatic carbocycles. The summed E-state index contributed by atoms with van der Waals surface area (Å²) in [6, 6.07) is 15.5. The first-order valence-electron chi connectivity index (χ1n) is 9.87. The van der Waals surface area contributed by atoms with E-state index in [0.717, 1.165) is 11.5 Å². The van der Waals surface area contributed by atoms with Gasteiger partial charge in [0.1, 0.15) is 0 Å². The average molecular weight is 526 g/mol. The number of halogens is 4. The van der Waals surface area contributed by atoms with Crippen molar-refractivity contribution in [3.05, 3.63) is 87.9 Å². The monoisotopic (exact) mass is 525 g/mol. The Morgan fingerprint density at radius 3 is 2.56 bits per heavy atom. The van der Waals surface area contributed by atoms with Crippen molar-refractivity contribution in [1.29, 1.82) is 0 Å². The maximum atomic E-state index is 13.4. The predicted molar refractivity (Wildman–Crippen MR) is 126 cm³/mol. The third kappa shape index (κ3) is 4.74. The summed E-state index contributed by atoms with van der Waals surface area (Å²) in [6.07, 6.45) is -3.65. The van der Waals surface area contributed by atoms with Crippen molar-refractivity contribution in [2.75, 3.05) is 0 Å². The van der Waals surface area contributed by atoms with E-state index in [0.29, 0.717) is 32.7 Å². The lowest BCUT2D eigenvalue weighted by molar-refractivity contribution is -0.258. The predicted octanol–water partition coefficient (Wildman–Crippen LogP) is 5.86. The number of pyridine rings is 1. The largest absolute Gasteiger partial charge is 0.760 e. The Kier molecular flexibility index (Phi) is 6.83. The molecule has 2 heterocycles. The van der Waals surface area contributed by atoms with Gasteiger partial charge in [0.15, 0.2) is 5.60 Å². The fourth-order valence-electron chi connectivity index (χ4n) is 3.55. The minimum atomic E-state index is -4.87. The maximum Gasteiger partial charge on any atom is 0.421 e. The van der Waals surface area contributed by atoms with Crippen LogP contribution in [0.3, 0.4) is 0 Å². The number of hydrogen-bond acceptors (Lipinski definition) is 5. The van der Waals surface area contributed by atoms with Crippen LogP contribution in [0.25, 0.3) is 21.3 Å². The van der Waals surface area contributed by atoms with Gasteiger partial charge in [-0.1, -0.05) is 48.0 Å². The molecule has 0 spiro atoms. The summed E-state index contributed by atoms with van der Waals surface area (Å²) in [4.78, 5) is 4.86. The smallest absolute Gasteiger partial charge is 0.421 e. The number of benzene rings is 2. The molecule has 0 aliphatic rings. The highest BCUT2D eigenvalue weighted by Crippen LogP contribution is 2.42. The zero-order valence-corrected chi connectivity index (χ0v) is 19.9. The summed E-state index contributed by atoms with van der Waals surface area (Å²) in [5.41, 5.74) is -2.03. The third-order valence-corrected chi connectivity index (χ3v) is 7.45. The molecule has 2 aromatic heterocycles. The molecular formula is C23H17ClF3N2O3S2-. The van der Waals surface area contributed by atoms with Crippen molar-refractivity contribution in [3.8, 4) is 11.3 Å². The Balaban J connectivity index is 1.84. The van der Waals surface area contributed by atoms with Crippen LogP contribution < -0.4 is 4.72 Å². The van der Waals surface area contributed by atoms with Crippen molar-refractivity contribution in [2.45, 2.75) is 24.7 Å². The molecule has 0 amide bonds. The fourth-order valence-corrected chi connectivity index (χ4v) is 5.57. The van der Waals surface area contributed by atoms with Crippen LogP contribution in [0.4, 0.5) is 13.2 Å². The molecule has 2 N–H and O–H groups in total. The molecule has 0 aliphatic heterocycles. The first-order valence-corrected chi connectivity index (χ1v) is 12.1. The second-order valence-corrected chi connectivity index (χ2v) is 9.88. The van der Waals surface area contributed by atoms with Gasteiger partial charge in [0.2, 0.25) is 0 Å². The van der Waals surface area contributed by atoms with Gasteiger partial charge in [-0.25, -0.2) is 4.72 Å². The molecule has 0 bridgehead atoms. The van der Waals surface area contributed by atoms with E-state index in [1.807, 2.05) is 6.07 Å². The van der Waals surface area contributed by atoms with E-state index in [-0.39, 0.29) is 11.3 Å². The number of thiophene rings is 1. The molecule has 4 aromatic rings. The number of hydrogen-bond donors (Lipinski definition) is 2. The minimum absolute atomic E-state index is 0.246. The molecular weight excluding hydrogens is 509 g/mol. The molecule has 3 unspecified atom stereocenters. The minimum Gasteiger partial charge on any atom is -0.760 e. The standard InChI is InChI=1S/C23H18ClF3N2O3S2/c1-22(30,23(25,26)27)14-9-10-28-18(12-14)16-7-4-5-13-11-19(33-21(13)16)20(29-34(31)32)15-6-2-3-8-17(15)24/h2-12,20,29-30H,1H3,(H,31,32)/p-1. The Bertz CT molecular complexity index is 1380. The number of rotatable bonds is 6. The van der Waals surface area contributed by atoms with Gasteiger partial charge in [-0.15, -0.1) is 11.3 Å². The van der Waals surface area contributed by atoms with Crippen molar-refractivity contribution in [2.24, 2.45) is 0 Å². The second kappa shape index (κ2) is 9.37. The van der Waals surface area contributed by atoms with Crippen molar-refractivity contribution < 1.29 is 27.0 Å². The Morgan fingerprint density at radius 2 is 1.88 bits per heavy atom. The Hall–Kier alpha value is -2.34. The van der Waals surface area contributed by atoms with E-state index in [1.54, 1.807) is 42.5 Å². The maximum absolute atomic E-state index is 13.4. The van der Waals surface area contributed by atoms with Crippen LogP contribution in [0, 0.1) is 0 Å². The van der Waals surface area contributed by atoms with Crippen molar-refractivity contribution in [3.63, 3.8) is 0 Å². The van der Waals surface area contributed by atoms with Crippen LogP contribution >= 0.6 is 22.9 Å². The highest BCUT2D eigenvalue weighted by molar-refractivity contribution is 7.77. The number of fused-ring (bicyclic) bond motifs is 1. The number of aromatic nitrogens is 1. The third-order valence-electron chi connectivity index (χ3n) is 5.43. The zero-order chi connectivity index (χ0) is 24.7. The summed E-state index contributed by atoms with van der Waals surface area (Å²) < 4.78 is 66.3. The van der Waals surface area contributed by atoms with Gasteiger partial charge in [-0.2, -0.15) is 13.2 Å². The Labute approximate surface area is 204 Å². The molecule has 178 valence electrons. The molecule has 0 aliphatic carbocycles. The first kappa shape index (κ1) is 24.8. The lowest BCUT2D eigenvalue weighted by Gasteiger charge is -2.26. The summed E-state index contributed by atoms with van der Waals surface area (Å²) in [7, 11) is 0. The molecule has 34 heavy (non-hydrogen) atoms. The molecule has 11 heteroatoms. The highest BCUT2D eigenvalue weighted by atomic mass is 35.5. The van der Waals surface area contributed by atoms with Gasteiger partial charge in [0.05, 0.1) is 11.7 Å². The summed E-state index contributed by atoms with van der Waals surface area (Å²) in [5, 5.41) is 11.2. The topological polar surface area (TPSA) is 85.3 Å². The first-order chi connectivity index (χ1) is 16.0. The lowest BCUT2D eigenvalue weighted by Crippen LogP contribution is -2.39. The molecule has 0 saturated heterocycles. The van der Waals surface area contributed by atoms with E-state index in [2.05, 4.69) is 9.71 Å². The van der Waals surface area contributed by atoms with Crippen LogP contribution in [0.1, 0.15) is 29.0 Å². The number of aliphatic hydroxyl groups is 1. The van der Waals surface area contributed by atoms with Gasteiger partial charge in [0, 0.05) is 37.6 Å². The van der Waals surface area contributed by atoms with Crippen LogP contribution in [0.5, 0.6) is 0 Å². The van der Waals surface area contributed by atoms with Crippen molar-refractivity contribution in [1.82, 2.24) is 9.71 Å². The van der Waals surface area contributed by atoms with Gasteiger partial charge in [-0.05, 0) is 47.7 Å². The van der Waals surface area contributed by atoms with Crippen molar-refractivity contribution >= 4 is 44.3 Å². The highest BCUT2D eigenvalue weighted by Gasteiger charge is 2.51. The molecule has 5 nitrogen and oxygen atoms in total. The zero-order valence-electron chi connectivity index (χ0n) is 17.5. The molecule has 3 atom stereocenters. The van der Waals surface area contributed by atoms with Gasteiger partial charge in [-0.3, -0.25) is 9.19 Å². The summed E-state index contributed by atoms with van der Waals surface area (Å²) in [5.74, 6) is 0. The van der Waals surface area contributed by atoms with Crippen LogP contribution in [0.15, 0.2) is 66.9 Å². The van der Waals surface area contributed by atoms with Crippen LogP contribution in [-0.2, 0) is 16.9 Å². The number of nitrogens with one attached hydrogen (secondary N) is 1. The summed E-state index contributed by atoms with van der Waals surface area (Å²) >= 11 is 5.00.